The Kier molecular flexibility index (Phi) is 4.76. The van der Waals surface area contributed by atoms with Crippen molar-refractivity contribution in [1.82, 2.24) is 14.9 Å². The van der Waals surface area contributed by atoms with Crippen molar-refractivity contribution in [2.45, 2.75) is 25.6 Å². The number of imidazole rings is 1. The maximum Gasteiger partial charge on any atom is 0.387 e. The first-order chi connectivity index (χ1) is 11.1. The van der Waals surface area contributed by atoms with Crippen LogP contribution in [-0.2, 0) is 13.6 Å². The van der Waals surface area contributed by atoms with Gasteiger partial charge in [0.25, 0.3) is 0 Å². The fraction of sp³-hybridized carbons (Fsp3) is 0.438. The normalized spacial score (nSPS) is 17.9. The van der Waals surface area contributed by atoms with Crippen LogP contribution in [0.1, 0.15) is 12.1 Å². The van der Waals surface area contributed by atoms with Crippen LogP contribution in [0.2, 0.25) is 0 Å². The molecule has 1 aliphatic rings. The third-order valence-corrected chi connectivity index (χ3v) is 4.10. The third-order valence-electron chi connectivity index (χ3n) is 4.10. The number of ether oxygens (including phenoxy) is 1. The maximum atomic E-state index is 12.5. The van der Waals surface area contributed by atoms with Gasteiger partial charge >= 0.3 is 6.61 Å². The highest BCUT2D eigenvalue weighted by Gasteiger charge is 2.25. The number of aromatic nitrogens is 2. The number of halogens is 2. The van der Waals surface area contributed by atoms with Crippen molar-refractivity contribution >= 4 is 5.69 Å². The summed E-state index contributed by atoms with van der Waals surface area (Å²) < 4.78 is 31.6. The van der Waals surface area contributed by atoms with E-state index in [0.717, 1.165) is 37.4 Å². The van der Waals surface area contributed by atoms with Gasteiger partial charge in [-0.25, -0.2) is 4.98 Å². The highest BCUT2D eigenvalue weighted by atomic mass is 19.3. The second-order valence-electron chi connectivity index (χ2n) is 5.65. The number of aryl methyl sites for hydroxylation is 1. The van der Waals surface area contributed by atoms with Gasteiger partial charge < -0.3 is 19.5 Å². The lowest BCUT2D eigenvalue weighted by Crippen LogP contribution is -2.32. The van der Waals surface area contributed by atoms with Crippen LogP contribution in [0, 0.1) is 0 Å². The Balaban J connectivity index is 1.60. The van der Waals surface area contributed by atoms with E-state index in [9.17, 15) is 8.78 Å². The van der Waals surface area contributed by atoms with E-state index in [4.69, 9.17) is 0 Å². The highest BCUT2D eigenvalue weighted by molar-refractivity contribution is 5.59. The third kappa shape index (κ3) is 3.79. The fourth-order valence-electron chi connectivity index (χ4n) is 2.86. The first-order valence-corrected chi connectivity index (χ1v) is 7.61. The lowest BCUT2D eigenvalue weighted by atomic mass is 10.2. The van der Waals surface area contributed by atoms with E-state index in [1.54, 1.807) is 18.5 Å². The molecule has 0 bridgehead atoms. The molecule has 0 aliphatic carbocycles. The quantitative estimate of drug-likeness (QED) is 0.887. The maximum absolute atomic E-state index is 12.5. The zero-order valence-corrected chi connectivity index (χ0v) is 13.0. The Morgan fingerprint density at radius 3 is 2.96 bits per heavy atom. The molecule has 3 rings (SSSR count). The molecule has 2 aromatic rings. The summed E-state index contributed by atoms with van der Waals surface area (Å²) in [7, 11) is 1.96. The molecule has 1 aromatic carbocycles. The molecule has 1 fully saturated rings. The molecule has 0 amide bonds. The van der Waals surface area contributed by atoms with Gasteiger partial charge in [-0.05, 0) is 18.6 Å². The Morgan fingerprint density at radius 1 is 1.39 bits per heavy atom. The number of benzene rings is 1. The molecule has 1 unspecified atom stereocenters. The first-order valence-electron chi connectivity index (χ1n) is 7.61. The Hall–Kier alpha value is -2.15. The predicted molar refractivity (Wildman–Crippen MR) is 83.7 cm³/mol. The van der Waals surface area contributed by atoms with Crippen LogP contribution < -0.4 is 15.0 Å². The van der Waals surface area contributed by atoms with Crippen LogP contribution in [0.3, 0.4) is 0 Å². The largest absolute Gasteiger partial charge is 0.433 e. The van der Waals surface area contributed by atoms with Crippen molar-refractivity contribution in [1.29, 1.82) is 0 Å². The molecule has 1 saturated heterocycles. The number of anilines is 1. The number of rotatable bonds is 6. The van der Waals surface area contributed by atoms with Crippen molar-refractivity contribution < 1.29 is 13.5 Å². The van der Waals surface area contributed by atoms with Gasteiger partial charge in [0, 0.05) is 38.9 Å². The number of hydrogen-bond donors (Lipinski definition) is 1. The molecular weight excluding hydrogens is 302 g/mol. The number of hydrogen-bond acceptors (Lipinski definition) is 4. The molecule has 0 spiro atoms. The lowest BCUT2D eigenvalue weighted by molar-refractivity contribution is -0.0495. The Bertz CT molecular complexity index is 647. The summed E-state index contributed by atoms with van der Waals surface area (Å²) in [6.07, 6.45) is 4.57. The van der Waals surface area contributed by atoms with Gasteiger partial charge in [-0.1, -0.05) is 12.1 Å². The van der Waals surface area contributed by atoms with E-state index >= 15 is 0 Å². The zero-order chi connectivity index (χ0) is 16.2. The summed E-state index contributed by atoms with van der Waals surface area (Å²) in [6, 6.07) is 7.25. The molecule has 0 radical (unpaired) electrons. The summed E-state index contributed by atoms with van der Waals surface area (Å²) in [4.78, 5) is 6.18. The number of para-hydroxylation sites is 2. The molecule has 124 valence electrons. The van der Waals surface area contributed by atoms with Crippen LogP contribution >= 0.6 is 0 Å². The van der Waals surface area contributed by atoms with Crippen LogP contribution in [0.25, 0.3) is 0 Å². The van der Waals surface area contributed by atoms with Gasteiger partial charge in [0.15, 0.2) is 0 Å². The molecule has 2 heterocycles. The second kappa shape index (κ2) is 6.95. The molecule has 7 heteroatoms. The topological polar surface area (TPSA) is 42.3 Å². The zero-order valence-electron chi connectivity index (χ0n) is 13.0. The number of nitrogens with zero attached hydrogens (tertiary/aromatic N) is 3. The van der Waals surface area contributed by atoms with Crippen LogP contribution in [-0.4, -0.2) is 35.3 Å². The molecule has 1 aromatic heterocycles. The second-order valence-corrected chi connectivity index (χ2v) is 5.65. The molecule has 23 heavy (non-hydrogen) atoms. The summed E-state index contributed by atoms with van der Waals surface area (Å²) in [5.41, 5.74) is 1.84. The number of alkyl halides is 2. The smallest absolute Gasteiger partial charge is 0.387 e. The van der Waals surface area contributed by atoms with E-state index in [2.05, 4.69) is 19.9 Å². The summed E-state index contributed by atoms with van der Waals surface area (Å²) in [6.45, 7) is -0.490. The first kappa shape index (κ1) is 15.7. The van der Waals surface area contributed by atoms with E-state index in [1.165, 1.54) is 0 Å². The predicted octanol–water partition coefficient (Wildman–Crippen LogP) is 2.39. The summed E-state index contributed by atoms with van der Waals surface area (Å²) in [5.74, 6) is 0.231. The Morgan fingerprint density at radius 2 is 2.22 bits per heavy atom. The van der Waals surface area contributed by atoms with Crippen molar-refractivity contribution in [2.24, 2.45) is 7.05 Å². The van der Waals surface area contributed by atoms with Gasteiger partial charge in [-0.2, -0.15) is 8.78 Å². The molecule has 0 saturated carbocycles. The summed E-state index contributed by atoms with van der Waals surface area (Å²) >= 11 is 0. The minimum absolute atomic E-state index is 0.231. The van der Waals surface area contributed by atoms with Gasteiger partial charge in [0.05, 0.1) is 17.7 Å². The van der Waals surface area contributed by atoms with Gasteiger partial charge in [0.1, 0.15) is 5.75 Å². The van der Waals surface area contributed by atoms with E-state index < -0.39 is 6.61 Å². The molecule has 1 N–H and O–H groups in total. The minimum Gasteiger partial charge on any atom is -0.433 e. The van der Waals surface area contributed by atoms with Crippen molar-refractivity contribution in [3.63, 3.8) is 0 Å². The Labute approximate surface area is 133 Å². The molecule has 1 atom stereocenters. The van der Waals surface area contributed by atoms with Crippen molar-refractivity contribution in [3.05, 3.63) is 42.5 Å². The van der Waals surface area contributed by atoms with Crippen molar-refractivity contribution in [3.8, 4) is 5.75 Å². The van der Waals surface area contributed by atoms with Gasteiger partial charge in [-0.3, -0.25) is 0 Å². The van der Waals surface area contributed by atoms with Crippen molar-refractivity contribution in [2.75, 3.05) is 18.0 Å². The highest BCUT2D eigenvalue weighted by Crippen LogP contribution is 2.31. The fourth-order valence-corrected chi connectivity index (χ4v) is 2.86. The lowest BCUT2D eigenvalue weighted by Gasteiger charge is -2.22. The van der Waals surface area contributed by atoms with Crippen LogP contribution in [0.4, 0.5) is 14.5 Å². The van der Waals surface area contributed by atoms with E-state index in [-0.39, 0.29) is 5.75 Å². The molecular formula is C16H20F2N4O. The van der Waals surface area contributed by atoms with E-state index in [1.807, 2.05) is 29.9 Å². The number of nitrogens with one attached hydrogen (secondary N) is 1. The molecule has 5 nitrogen and oxygen atoms in total. The minimum atomic E-state index is -2.81. The van der Waals surface area contributed by atoms with Gasteiger partial charge in [0.2, 0.25) is 0 Å². The van der Waals surface area contributed by atoms with Gasteiger partial charge in [-0.15, -0.1) is 0 Å². The summed E-state index contributed by atoms with van der Waals surface area (Å²) in [5, 5.41) is 3.49. The van der Waals surface area contributed by atoms with E-state index in [0.29, 0.717) is 6.04 Å². The van der Waals surface area contributed by atoms with Crippen LogP contribution in [0.5, 0.6) is 5.75 Å². The molecule has 1 aliphatic heterocycles. The average Bonchev–Trinajstić information content (AvgIpc) is 3.14. The standard InChI is InChI=1S/C16H20F2N4O/c1-21-11-19-8-13(21)9-20-12-6-7-22(10-12)14-4-2-3-5-15(14)23-16(17)18/h2-5,8,11-12,16,20H,6-7,9-10H2,1H3. The monoisotopic (exact) mass is 322 g/mol. The van der Waals surface area contributed by atoms with Crippen LogP contribution in [0.15, 0.2) is 36.8 Å². The SMILES string of the molecule is Cn1cncc1CNC1CCN(c2ccccc2OC(F)F)C1. The average molecular weight is 322 g/mol.